The van der Waals surface area contributed by atoms with Gasteiger partial charge in [-0.05, 0) is 18.9 Å². The highest BCUT2D eigenvalue weighted by Gasteiger charge is 2.33. The molecule has 0 aromatic heterocycles. The van der Waals surface area contributed by atoms with Crippen LogP contribution >= 0.6 is 11.9 Å². The molecule has 0 saturated carbocycles. The number of hydrogen-bond donors (Lipinski definition) is 0. The zero-order chi connectivity index (χ0) is 22.5. The number of benzene rings is 2. The third-order valence-corrected chi connectivity index (χ3v) is 6.46. The van der Waals surface area contributed by atoms with Crippen LogP contribution in [0.25, 0.3) is 0 Å². The number of nitrogens with zero attached hydrogens (tertiary/aromatic N) is 3. The van der Waals surface area contributed by atoms with Crippen molar-refractivity contribution in [1.82, 2.24) is 4.31 Å². The number of hydrogen-bond acceptors (Lipinski definition) is 7. The smallest absolute Gasteiger partial charge is 0.269 e. The van der Waals surface area contributed by atoms with Crippen LogP contribution < -0.4 is 9.47 Å². The highest BCUT2D eigenvalue weighted by Crippen LogP contribution is 2.31. The molecule has 0 radical (unpaired) electrons. The predicted octanol–water partition coefficient (Wildman–Crippen LogP) is 3.65. The van der Waals surface area contributed by atoms with Gasteiger partial charge in [-0.2, -0.15) is 0 Å². The van der Waals surface area contributed by atoms with E-state index in [1.165, 1.54) is 27.3 Å². The van der Waals surface area contributed by atoms with Crippen LogP contribution in [0.5, 0.6) is 11.5 Å². The molecule has 12 heteroatoms. The van der Waals surface area contributed by atoms with E-state index in [4.69, 9.17) is 9.47 Å². The standard InChI is InChI=1S/C18H18F3N3O4S2/c1-22-18(29-23-2)24(10-11-5-6-12(27-3)7-16(11)28-4)30(25,26)17-9-14(20)13(19)8-15(17)21/h5-9H,2,10H2,1,3-4H3. The van der Waals surface area contributed by atoms with Crippen LogP contribution in [0.15, 0.2) is 44.6 Å². The van der Waals surface area contributed by atoms with Crippen LogP contribution in [-0.2, 0) is 16.6 Å². The fraction of sp³-hybridized carbons (Fsp3) is 0.222. The summed E-state index contributed by atoms with van der Waals surface area (Å²) in [7, 11) is -0.598. The first-order valence-electron chi connectivity index (χ1n) is 8.17. The Balaban J connectivity index is 2.65. The van der Waals surface area contributed by atoms with Crippen LogP contribution in [0.4, 0.5) is 13.2 Å². The molecule has 0 aliphatic carbocycles. The molecular formula is C18H18F3N3O4S2. The van der Waals surface area contributed by atoms with Gasteiger partial charge in [-0.25, -0.2) is 30.3 Å². The van der Waals surface area contributed by atoms with Crippen LogP contribution in [0, 0.1) is 17.5 Å². The minimum atomic E-state index is -4.72. The molecule has 0 N–H and O–H groups in total. The summed E-state index contributed by atoms with van der Waals surface area (Å²) in [4.78, 5) is 2.81. The second-order valence-electron chi connectivity index (χ2n) is 5.61. The van der Waals surface area contributed by atoms with Gasteiger partial charge in [0.1, 0.15) is 22.2 Å². The second kappa shape index (κ2) is 9.85. The molecule has 0 amide bonds. The van der Waals surface area contributed by atoms with E-state index in [2.05, 4.69) is 16.1 Å². The van der Waals surface area contributed by atoms with E-state index in [-0.39, 0.29) is 29.6 Å². The van der Waals surface area contributed by atoms with Crippen LogP contribution in [-0.4, -0.2) is 45.9 Å². The molecule has 0 fully saturated rings. The first kappa shape index (κ1) is 23.5. The van der Waals surface area contributed by atoms with Crippen molar-refractivity contribution >= 4 is 33.9 Å². The van der Waals surface area contributed by atoms with Gasteiger partial charge in [0.05, 0.1) is 20.8 Å². The zero-order valence-corrected chi connectivity index (χ0v) is 17.9. The lowest BCUT2D eigenvalue weighted by Crippen LogP contribution is -2.35. The van der Waals surface area contributed by atoms with E-state index >= 15 is 0 Å². The van der Waals surface area contributed by atoms with Gasteiger partial charge in [-0.3, -0.25) is 4.99 Å². The molecule has 0 spiro atoms. The Kier molecular flexibility index (Phi) is 7.73. The van der Waals surface area contributed by atoms with E-state index < -0.39 is 32.4 Å². The topological polar surface area (TPSA) is 80.6 Å². The number of sulfonamides is 1. The molecule has 2 rings (SSSR count). The monoisotopic (exact) mass is 461 g/mol. The van der Waals surface area contributed by atoms with Crippen molar-refractivity contribution in [3.05, 3.63) is 53.3 Å². The van der Waals surface area contributed by atoms with Crippen LogP contribution in [0.3, 0.4) is 0 Å². The number of methoxy groups -OCH3 is 2. The molecule has 2 aromatic carbocycles. The van der Waals surface area contributed by atoms with Gasteiger partial charge in [0, 0.05) is 42.8 Å². The maximum Gasteiger partial charge on any atom is 0.269 e. The molecule has 0 aliphatic rings. The number of ether oxygens (including phenoxy) is 2. The molecule has 0 bridgehead atoms. The lowest BCUT2D eigenvalue weighted by Gasteiger charge is -2.25. The Morgan fingerprint density at radius 3 is 2.33 bits per heavy atom. The Morgan fingerprint density at radius 2 is 1.77 bits per heavy atom. The SMILES string of the molecule is C=NSC(=NC)N(Cc1ccc(OC)cc1OC)S(=O)(=O)c1cc(F)c(F)cc1F. The molecule has 7 nitrogen and oxygen atoms in total. The van der Waals surface area contributed by atoms with Gasteiger partial charge in [0.2, 0.25) is 0 Å². The van der Waals surface area contributed by atoms with Crippen molar-refractivity contribution in [2.75, 3.05) is 21.3 Å². The molecule has 0 heterocycles. The number of aliphatic imine (C=N–C) groups is 1. The van der Waals surface area contributed by atoms with E-state index in [1.807, 2.05) is 0 Å². The van der Waals surface area contributed by atoms with E-state index in [0.717, 1.165) is 0 Å². The third-order valence-electron chi connectivity index (χ3n) is 3.90. The summed E-state index contributed by atoms with van der Waals surface area (Å²) in [6.07, 6.45) is 0. The summed E-state index contributed by atoms with van der Waals surface area (Å²) in [6, 6.07) is 5.08. The third kappa shape index (κ3) is 4.87. The number of halogens is 3. The fourth-order valence-electron chi connectivity index (χ4n) is 2.47. The van der Waals surface area contributed by atoms with Gasteiger partial charge >= 0.3 is 0 Å². The second-order valence-corrected chi connectivity index (χ2v) is 8.25. The normalized spacial score (nSPS) is 11.9. The van der Waals surface area contributed by atoms with Crippen molar-refractivity contribution in [2.24, 2.45) is 9.39 Å². The molecular weight excluding hydrogens is 443 g/mol. The van der Waals surface area contributed by atoms with Crippen molar-refractivity contribution in [1.29, 1.82) is 0 Å². The van der Waals surface area contributed by atoms with Crippen molar-refractivity contribution in [2.45, 2.75) is 11.4 Å². The molecule has 0 unspecified atom stereocenters. The average Bonchev–Trinajstić information content (AvgIpc) is 2.72. The lowest BCUT2D eigenvalue weighted by atomic mass is 10.2. The summed E-state index contributed by atoms with van der Waals surface area (Å²) < 4.78 is 82.3. The predicted molar refractivity (Wildman–Crippen MR) is 109 cm³/mol. The van der Waals surface area contributed by atoms with Gasteiger partial charge in [-0.15, -0.1) is 0 Å². The highest BCUT2D eigenvalue weighted by molar-refractivity contribution is 8.13. The maximum atomic E-state index is 14.3. The zero-order valence-electron chi connectivity index (χ0n) is 16.2. The minimum absolute atomic E-state index is 0.163. The average molecular weight is 461 g/mol. The molecule has 162 valence electrons. The Hall–Kier alpha value is -2.73. The van der Waals surface area contributed by atoms with Gasteiger partial charge in [0.25, 0.3) is 10.0 Å². The lowest BCUT2D eigenvalue weighted by molar-refractivity contribution is 0.388. The van der Waals surface area contributed by atoms with Crippen LogP contribution in [0.2, 0.25) is 0 Å². The minimum Gasteiger partial charge on any atom is -0.497 e. The van der Waals surface area contributed by atoms with Crippen molar-refractivity contribution in [3.8, 4) is 11.5 Å². The van der Waals surface area contributed by atoms with E-state index in [9.17, 15) is 21.6 Å². The molecule has 2 aromatic rings. The Morgan fingerprint density at radius 1 is 1.10 bits per heavy atom. The van der Waals surface area contributed by atoms with E-state index in [1.54, 1.807) is 12.1 Å². The largest absolute Gasteiger partial charge is 0.497 e. The number of rotatable bonds is 7. The molecule has 0 aliphatic heterocycles. The quantitative estimate of drug-likeness (QED) is 0.272. The van der Waals surface area contributed by atoms with Gasteiger partial charge < -0.3 is 9.47 Å². The highest BCUT2D eigenvalue weighted by atomic mass is 32.2. The fourth-order valence-corrected chi connectivity index (χ4v) is 4.61. The maximum absolute atomic E-state index is 14.3. The van der Waals surface area contributed by atoms with Crippen LogP contribution in [0.1, 0.15) is 5.56 Å². The molecule has 0 saturated heterocycles. The Bertz CT molecular complexity index is 1080. The summed E-state index contributed by atoms with van der Waals surface area (Å²) in [5.41, 5.74) is 0.371. The van der Waals surface area contributed by atoms with Gasteiger partial charge in [0.15, 0.2) is 16.8 Å². The van der Waals surface area contributed by atoms with Crippen molar-refractivity contribution in [3.63, 3.8) is 0 Å². The summed E-state index contributed by atoms with van der Waals surface area (Å²) >= 11 is 0.614. The summed E-state index contributed by atoms with van der Waals surface area (Å²) in [6.45, 7) is 2.91. The summed E-state index contributed by atoms with van der Waals surface area (Å²) in [5.74, 6) is -3.73. The number of amidine groups is 1. The Labute approximate surface area is 176 Å². The molecule has 30 heavy (non-hydrogen) atoms. The molecule has 0 atom stereocenters. The first-order valence-corrected chi connectivity index (χ1v) is 10.4. The first-order chi connectivity index (χ1) is 14.2. The van der Waals surface area contributed by atoms with E-state index in [0.29, 0.717) is 27.6 Å². The van der Waals surface area contributed by atoms with Gasteiger partial charge in [-0.1, -0.05) is 0 Å². The van der Waals surface area contributed by atoms with Crippen molar-refractivity contribution < 1.29 is 31.1 Å². The summed E-state index contributed by atoms with van der Waals surface area (Å²) in [5, 5.41) is -0.174.